The minimum Gasteiger partial charge on any atom is -0.381 e. The maximum absolute atomic E-state index is 13.0. The summed E-state index contributed by atoms with van der Waals surface area (Å²) < 4.78 is 5.49. The van der Waals surface area contributed by atoms with Crippen molar-refractivity contribution >= 4 is 23.3 Å². The summed E-state index contributed by atoms with van der Waals surface area (Å²) in [5.41, 5.74) is 0.522. The minimum atomic E-state index is -0.313. The van der Waals surface area contributed by atoms with E-state index in [4.69, 9.17) is 15.1 Å². The van der Waals surface area contributed by atoms with E-state index < -0.39 is 0 Å². The number of carbonyl (C=O) groups is 1. The van der Waals surface area contributed by atoms with E-state index >= 15 is 0 Å². The average molecular weight is 527 g/mol. The van der Waals surface area contributed by atoms with Crippen LogP contribution in [0, 0.1) is 23.2 Å². The van der Waals surface area contributed by atoms with Crippen LogP contribution in [-0.4, -0.2) is 73.5 Å². The van der Waals surface area contributed by atoms with Crippen LogP contribution in [0.15, 0.2) is 12.1 Å². The van der Waals surface area contributed by atoms with Crippen LogP contribution in [0.1, 0.15) is 83.6 Å². The van der Waals surface area contributed by atoms with Crippen LogP contribution >= 0.6 is 0 Å². The van der Waals surface area contributed by atoms with Gasteiger partial charge in [0.05, 0.1) is 0 Å². The van der Waals surface area contributed by atoms with Crippen molar-refractivity contribution in [2.24, 2.45) is 17.8 Å². The third-order valence-electron chi connectivity index (χ3n) is 8.92. The fourth-order valence-electron chi connectivity index (χ4n) is 6.39. The van der Waals surface area contributed by atoms with Crippen LogP contribution in [-0.2, 0) is 9.53 Å². The van der Waals surface area contributed by atoms with E-state index in [2.05, 4.69) is 34.7 Å². The van der Waals surface area contributed by atoms with Gasteiger partial charge >= 0.3 is 0 Å². The number of likely N-dealkylation sites (tertiary alicyclic amines) is 1. The molecule has 0 bridgehead atoms. The molecule has 3 heterocycles. The molecule has 2 saturated heterocycles. The number of pyridine rings is 1. The van der Waals surface area contributed by atoms with E-state index in [1.165, 1.54) is 32.1 Å². The van der Waals surface area contributed by atoms with Gasteiger partial charge in [-0.15, -0.1) is 0 Å². The van der Waals surface area contributed by atoms with Gasteiger partial charge in [-0.05, 0) is 68.4 Å². The quantitative estimate of drug-likeness (QED) is 0.341. The van der Waals surface area contributed by atoms with Crippen LogP contribution in [0.4, 0.5) is 11.6 Å². The Morgan fingerprint density at radius 1 is 1.05 bits per heavy atom. The molecule has 1 aliphatic carbocycles. The molecular weight excluding hydrogens is 476 g/mol. The third kappa shape index (κ3) is 8.15. The average Bonchev–Trinajstić information content (AvgIpc) is 2.91. The molecule has 2 atom stereocenters. The molecule has 3 fully saturated rings. The van der Waals surface area contributed by atoms with E-state index in [0.29, 0.717) is 23.3 Å². The largest absolute Gasteiger partial charge is 0.381 e. The molecule has 0 spiro atoms. The van der Waals surface area contributed by atoms with E-state index in [1.807, 2.05) is 12.1 Å². The summed E-state index contributed by atoms with van der Waals surface area (Å²) in [6.45, 7) is 9.58. The number of piperidine rings is 1. The Bertz CT molecular complexity index is 908. The van der Waals surface area contributed by atoms with Crippen molar-refractivity contribution < 1.29 is 9.53 Å². The number of carbonyl (C=O) groups excluding carboxylic acids is 1. The number of nitrogens with one attached hydrogen (secondary N) is 4. The fraction of sp³-hybridized carbons (Fsp3) is 0.767. The number of ether oxygens (including phenoxy) is 1. The van der Waals surface area contributed by atoms with Crippen LogP contribution in [0.5, 0.6) is 0 Å². The first kappa shape index (κ1) is 28.8. The number of hydrogen-bond acceptors (Lipinski definition) is 7. The predicted molar refractivity (Wildman–Crippen MR) is 155 cm³/mol. The topological polar surface area (TPSA) is 102 Å². The monoisotopic (exact) mass is 526 g/mol. The fourth-order valence-corrected chi connectivity index (χ4v) is 6.39. The van der Waals surface area contributed by atoms with Crippen molar-refractivity contribution in [1.82, 2.24) is 15.2 Å². The van der Waals surface area contributed by atoms with E-state index in [1.54, 1.807) is 7.05 Å². The molecule has 4 N–H and O–H groups in total. The normalized spacial score (nSPS) is 24.4. The molecule has 2 aliphatic heterocycles. The second-order valence-corrected chi connectivity index (χ2v) is 12.0. The lowest BCUT2D eigenvalue weighted by atomic mass is 9.81. The summed E-state index contributed by atoms with van der Waals surface area (Å²) in [6.07, 6.45) is 11.7. The van der Waals surface area contributed by atoms with Gasteiger partial charge in [-0.3, -0.25) is 10.2 Å². The zero-order valence-electron chi connectivity index (χ0n) is 23.9. The van der Waals surface area contributed by atoms with Crippen molar-refractivity contribution in [1.29, 1.82) is 5.41 Å². The lowest BCUT2D eigenvalue weighted by Gasteiger charge is -2.35. The Morgan fingerprint density at radius 3 is 2.50 bits per heavy atom. The smallest absolute Gasteiger partial charge is 0.270 e. The lowest BCUT2D eigenvalue weighted by molar-refractivity contribution is -0.115. The van der Waals surface area contributed by atoms with Gasteiger partial charge in [0, 0.05) is 57.5 Å². The van der Waals surface area contributed by atoms with Crippen LogP contribution in [0.25, 0.3) is 0 Å². The summed E-state index contributed by atoms with van der Waals surface area (Å²) in [5, 5.41) is 18.5. The Morgan fingerprint density at radius 2 is 1.79 bits per heavy atom. The standard InChI is InChI=1S/C30H50N6O2/c1-21(2)23-7-5-4-6-8-25(19-23)33-27-10-9-26(29(32-3)35-27)28(31)30(37)34-24-11-15-36(16-12-24)20-22-13-17-38-18-14-22/h9-10,21-25,31H,4-8,11-20H2,1-3H3,(H,34,37)(H2,32,33,35). The molecule has 1 aromatic heterocycles. The van der Waals surface area contributed by atoms with Crippen LogP contribution < -0.4 is 16.0 Å². The van der Waals surface area contributed by atoms with Crippen LogP contribution in [0.2, 0.25) is 0 Å². The summed E-state index contributed by atoms with van der Waals surface area (Å²) in [4.78, 5) is 20.3. The highest BCUT2D eigenvalue weighted by molar-refractivity contribution is 6.45. The third-order valence-corrected chi connectivity index (χ3v) is 8.92. The highest BCUT2D eigenvalue weighted by Crippen LogP contribution is 2.30. The van der Waals surface area contributed by atoms with E-state index in [9.17, 15) is 4.79 Å². The Labute approximate surface area is 229 Å². The van der Waals surface area contributed by atoms with Crippen molar-refractivity contribution in [3.63, 3.8) is 0 Å². The first-order valence-electron chi connectivity index (χ1n) is 15.1. The second kappa shape index (κ2) is 14.3. The maximum atomic E-state index is 13.0. The molecule has 38 heavy (non-hydrogen) atoms. The Kier molecular flexibility index (Phi) is 10.8. The molecule has 4 rings (SSSR count). The molecule has 0 radical (unpaired) electrons. The highest BCUT2D eigenvalue weighted by atomic mass is 16.5. The number of aromatic nitrogens is 1. The van der Waals surface area contributed by atoms with Crippen molar-refractivity contribution in [2.75, 3.05) is 50.5 Å². The van der Waals surface area contributed by atoms with Gasteiger partial charge < -0.3 is 25.6 Å². The number of nitrogens with zero attached hydrogens (tertiary/aromatic N) is 2. The molecule has 1 aromatic rings. The zero-order valence-corrected chi connectivity index (χ0v) is 23.9. The first-order chi connectivity index (χ1) is 18.4. The van der Waals surface area contributed by atoms with E-state index in [0.717, 1.165) is 82.6 Å². The molecule has 0 aromatic carbocycles. The lowest BCUT2D eigenvalue weighted by Crippen LogP contribution is -2.47. The SMILES string of the molecule is CNc1nc(NC2CCCCCC(C(C)C)C2)ccc1C(=N)C(=O)NC1CCN(CC2CCOCC2)CC1. The van der Waals surface area contributed by atoms with Gasteiger partial charge in [-0.2, -0.15) is 0 Å². The summed E-state index contributed by atoms with van der Waals surface area (Å²) in [6, 6.07) is 4.32. The van der Waals surface area contributed by atoms with Crippen LogP contribution in [0.3, 0.4) is 0 Å². The van der Waals surface area contributed by atoms with Crippen molar-refractivity contribution in [2.45, 2.75) is 90.1 Å². The Hall–Kier alpha value is -2.19. The first-order valence-corrected chi connectivity index (χ1v) is 15.1. The summed E-state index contributed by atoms with van der Waals surface area (Å²) >= 11 is 0. The molecule has 212 valence electrons. The summed E-state index contributed by atoms with van der Waals surface area (Å²) in [7, 11) is 1.81. The summed E-state index contributed by atoms with van der Waals surface area (Å²) in [5.74, 6) is 3.24. The molecular formula is C30H50N6O2. The van der Waals surface area contributed by atoms with Gasteiger partial charge in [-0.25, -0.2) is 4.98 Å². The molecule has 2 unspecified atom stereocenters. The molecule has 3 aliphatic rings. The van der Waals surface area contributed by atoms with E-state index in [-0.39, 0.29) is 17.7 Å². The van der Waals surface area contributed by atoms with Gasteiger partial charge in [0.25, 0.3) is 5.91 Å². The molecule has 8 heteroatoms. The minimum absolute atomic E-state index is 0.0242. The predicted octanol–water partition coefficient (Wildman–Crippen LogP) is 4.91. The molecule has 1 saturated carbocycles. The van der Waals surface area contributed by atoms with Gasteiger partial charge in [0.2, 0.25) is 0 Å². The van der Waals surface area contributed by atoms with Crippen molar-refractivity contribution in [3.8, 4) is 0 Å². The zero-order chi connectivity index (χ0) is 26.9. The molecule has 1 amide bonds. The Balaban J connectivity index is 1.29. The molecule has 8 nitrogen and oxygen atoms in total. The number of amides is 1. The second-order valence-electron chi connectivity index (χ2n) is 12.0. The number of hydrogen-bond donors (Lipinski definition) is 4. The maximum Gasteiger partial charge on any atom is 0.270 e. The van der Waals surface area contributed by atoms with Gasteiger partial charge in [0.1, 0.15) is 17.3 Å². The number of rotatable bonds is 9. The van der Waals surface area contributed by atoms with Crippen molar-refractivity contribution in [3.05, 3.63) is 17.7 Å². The highest BCUT2D eigenvalue weighted by Gasteiger charge is 2.26. The number of anilines is 2. The van der Waals surface area contributed by atoms with Gasteiger partial charge in [0.15, 0.2) is 0 Å². The van der Waals surface area contributed by atoms with Gasteiger partial charge in [-0.1, -0.05) is 39.5 Å².